The van der Waals surface area contributed by atoms with Crippen LogP contribution in [0.25, 0.3) is 0 Å². The van der Waals surface area contributed by atoms with E-state index < -0.39 is 18.0 Å². The number of aromatic nitrogens is 2. The second kappa shape index (κ2) is 6.03. The van der Waals surface area contributed by atoms with Crippen LogP contribution >= 0.6 is 0 Å². The zero-order valence-electron chi connectivity index (χ0n) is 13.1. The molecule has 24 heavy (non-hydrogen) atoms. The highest BCUT2D eigenvalue weighted by Crippen LogP contribution is 2.32. The normalized spacial score (nSPS) is 14.4. The smallest absolute Gasteiger partial charge is 0.341 e. The topological polar surface area (TPSA) is 75.6 Å². The van der Waals surface area contributed by atoms with Gasteiger partial charge in [0.05, 0.1) is 13.1 Å². The molecule has 0 spiro atoms. The highest BCUT2D eigenvalue weighted by molar-refractivity contribution is 5.93. The van der Waals surface area contributed by atoms with Gasteiger partial charge < -0.3 is 14.7 Å². The van der Waals surface area contributed by atoms with Crippen LogP contribution in [0.5, 0.6) is 11.6 Å². The van der Waals surface area contributed by atoms with Crippen LogP contribution in [0.2, 0.25) is 0 Å². The van der Waals surface area contributed by atoms with E-state index in [1.54, 1.807) is 18.7 Å². The van der Waals surface area contributed by atoms with Crippen molar-refractivity contribution in [2.24, 2.45) is 0 Å². The lowest BCUT2D eigenvalue weighted by Crippen LogP contribution is -2.49. The second-order valence-corrected chi connectivity index (χ2v) is 5.65. The molecule has 0 unspecified atom stereocenters. The molecule has 8 heteroatoms. The number of rotatable bonds is 4. The molecule has 0 radical (unpaired) electrons. The molecule has 1 N–H and O–H groups in total. The highest BCUT2D eigenvalue weighted by Gasteiger charge is 2.31. The van der Waals surface area contributed by atoms with Crippen LogP contribution in [0.3, 0.4) is 0 Å². The van der Waals surface area contributed by atoms with Gasteiger partial charge in [0.2, 0.25) is 0 Å². The van der Waals surface area contributed by atoms with E-state index in [-0.39, 0.29) is 30.3 Å². The molecule has 1 saturated heterocycles. The highest BCUT2D eigenvalue weighted by atomic mass is 19.1. The molecule has 1 aliphatic rings. The van der Waals surface area contributed by atoms with Crippen LogP contribution in [0.15, 0.2) is 18.2 Å². The van der Waals surface area contributed by atoms with Crippen molar-refractivity contribution in [2.75, 3.05) is 18.0 Å². The standard InChI is InChI=1S/C16H15F2N3O3/c1-8-5-10(17)3-4-12(8)24-15-13(16(22)23)9(2)14(19-20-15)21-6-11(18)7-21/h3-5,11H,6-7H2,1-2H3,(H,22,23). The van der Waals surface area contributed by atoms with Gasteiger partial charge in [0.25, 0.3) is 5.88 Å². The first-order valence-electron chi connectivity index (χ1n) is 7.30. The number of halogens is 2. The zero-order valence-corrected chi connectivity index (χ0v) is 13.1. The van der Waals surface area contributed by atoms with Crippen molar-refractivity contribution >= 4 is 11.8 Å². The van der Waals surface area contributed by atoms with E-state index in [2.05, 4.69) is 10.2 Å². The van der Waals surface area contributed by atoms with Gasteiger partial charge in [0, 0.05) is 5.56 Å². The Morgan fingerprint density at radius 1 is 1.33 bits per heavy atom. The summed E-state index contributed by atoms with van der Waals surface area (Å²) in [5.41, 5.74) is 0.697. The minimum atomic E-state index is -1.23. The van der Waals surface area contributed by atoms with Gasteiger partial charge in [-0.2, -0.15) is 0 Å². The maximum absolute atomic E-state index is 13.2. The number of nitrogens with zero attached hydrogens (tertiary/aromatic N) is 3. The first-order chi connectivity index (χ1) is 11.4. The summed E-state index contributed by atoms with van der Waals surface area (Å²) in [5.74, 6) is -1.22. The Kier molecular flexibility index (Phi) is 4.04. The van der Waals surface area contributed by atoms with Gasteiger partial charge in [-0.3, -0.25) is 0 Å². The third kappa shape index (κ3) is 2.86. The number of ether oxygens (including phenoxy) is 1. The molecule has 0 atom stereocenters. The Balaban J connectivity index is 1.98. The van der Waals surface area contributed by atoms with Gasteiger partial charge in [0.15, 0.2) is 5.82 Å². The lowest BCUT2D eigenvalue weighted by atomic mass is 10.1. The molecule has 1 aromatic carbocycles. The zero-order chi connectivity index (χ0) is 17.4. The van der Waals surface area contributed by atoms with E-state index in [1.165, 1.54) is 18.2 Å². The van der Waals surface area contributed by atoms with Gasteiger partial charge in [-0.1, -0.05) is 0 Å². The van der Waals surface area contributed by atoms with E-state index in [4.69, 9.17) is 4.74 Å². The van der Waals surface area contributed by atoms with Crippen LogP contribution in [0.1, 0.15) is 21.5 Å². The third-order valence-corrected chi connectivity index (χ3v) is 3.85. The lowest BCUT2D eigenvalue weighted by Gasteiger charge is -2.36. The first-order valence-corrected chi connectivity index (χ1v) is 7.30. The van der Waals surface area contributed by atoms with E-state index in [1.807, 2.05) is 0 Å². The number of benzene rings is 1. The number of aromatic carboxylic acids is 1. The molecular formula is C16H15F2N3O3. The van der Waals surface area contributed by atoms with E-state index in [9.17, 15) is 18.7 Å². The molecule has 0 bridgehead atoms. The maximum atomic E-state index is 13.2. The summed E-state index contributed by atoms with van der Waals surface area (Å²) >= 11 is 0. The van der Waals surface area contributed by atoms with Crippen molar-refractivity contribution in [1.29, 1.82) is 0 Å². The van der Waals surface area contributed by atoms with E-state index in [0.29, 0.717) is 16.9 Å². The summed E-state index contributed by atoms with van der Waals surface area (Å²) in [6.07, 6.45) is -0.947. The quantitative estimate of drug-likeness (QED) is 0.926. The van der Waals surface area contributed by atoms with Crippen molar-refractivity contribution in [3.05, 3.63) is 40.7 Å². The number of anilines is 1. The molecule has 1 aromatic heterocycles. The van der Waals surface area contributed by atoms with Gasteiger partial charge in [0.1, 0.15) is 23.3 Å². The number of carbonyl (C=O) groups is 1. The van der Waals surface area contributed by atoms with Crippen LogP contribution < -0.4 is 9.64 Å². The van der Waals surface area contributed by atoms with Crippen LogP contribution in [0.4, 0.5) is 14.6 Å². The Labute approximate surface area is 136 Å². The number of alkyl halides is 1. The van der Waals surface area contributed by atoms with Crippen molar-refractivity contribution in [2.45, 2.75) is 20.0 Å². The van der Waals surface area contributed by atoms with E-state index >= 15 is 0 Å². The second-order valence-electron chi connectivity index (χ2n) is 5.65. The predicted octanol–water partition coefficient (Wildman–Crippen LogP) is 2.88. The summed E-state index contributed by atoms with van der Waals surface area (Å²) in [5, 5.41) is 17.3. The van der Waals surface area contributed by atoms with E-state index in [0.717, 1.165) is 0 Å². The average molecular weight is 335 g/mol. The van der Waals surface area contributed by atoms with Gasteiger partial charge in [-0.05, 0) is 37.6 Å². The number of hydrogen-bond donors (Lipinski definition) is 1. The molecular weight excluding hydrogens is 320 g/mol. The molecule has 0 saturated carbocycles. The molecule has 126 valence electrons. The summed E-state index contributed by atoms with van der Waals surface area (Å²) in [4.78, 5) is 13.2. The first kappa shape index (κ1) is 16.1. The van der Waals surface area contributed by atoms with Crippen molar-refractivity contribution < 1.29 is 23.4 Å². The molecule has 0 amide bonds. The summed E-state index contributed by atoms with van der Waals surface area (Å²) in [6.45, 7) is 3.52. The Bertz CT molecular complexity index is 807. The number of carboxylic acid groups (broad SMARTS) is 1. The van der Waals surface area contributed by atoms with Crippen molar-refractivity contribution in [3.8, 4) is 11.6 Å². The molecule has 1 aliphatic heterocycles. The molecule has 3 rings (SSSR count). The minimum Gasteiger partial charge on any atom is -0.477 e. The molecule has 0 aliphatic carbocycles. The summed E-state index contributed by atoms with van der Waals surface area (Å²) in [7, 11) is 0. The largest absolute Gasteiger partial charge is 0.477 e. The fourth-order valence-corrected chi connectivity index (χ4v) is 2.54. The fraction of sp³-hybridized carbons (Fsp3) is 0.312. The Morgan fingerprint density at radius 3 is 2.62 bits per heavy atom. The number of hydrogen-bond acceptors (Lipinski definition) is 5. The summed E-state index contributed by atoms with van der Waals surface area (Å²) < 4.78 is 31.7. The molecule has 2 heterocycles. The Morgan fingerprint density at radius 2 is 2.04 bits per heavy atom. The SMILES string of the molecule is Cc1cc(F)ccc1Oc1nnc(N2CC(F)C2)c(C)c1C(=O)O. The monoisotopic (exact) mass is 335 g/mol. The maximum Gasteiger partial charge on any atom is 0.341 e. The van der Waals surface area contributed by atoms with Gasteiger partial charge >= 0.3 is 5.97 Å². The number of aryl methyl sites for hydroxylation is 1. The Hall–Kier alpha value is -2.77. The lowest BCUT2D eigenvalue weighted by molar-refractivity contribution is 0.0692. The molecule has 1 fully saturated rings. The average Bonchev–Trinajstić information content (AvgIpc) is 2.47. The predicted molar refractivity (Wildman–Crippen MR) is 82.0 cm³/mol. The fourth-order valence-electron chi connectivity index (χ4n) is 2.54. The summed E-state index contributed by atoms with van der Waals surface area (Å²) in [6, 6.07) is 3.87. The molecule has 2 aromatic rings. The van der Waals surface area contributed by atoms with Crippen LogP contribution in [-0.4, -0.2) is 40.5 Å². The third-order valence-electron chi connectivity index (χ3n) is 3.85. The van der Waals surface area contributed by atoms with Gasteiger partial charge in [-0.25, -0.2) is 13.6 Å². The van der Waals surface area contributed by atoms with Crippen molar-refractivity contribution in [3.63, 3.8) is 0 Å². The van der Waals surface area contributed by atoms with Gasteiger partial charge in [-0.15, -0.1) is 10.2 Å². The van der Waals surface area contributed by atoms with Crippen LogP contribution in [-0.2, 0) is 0 Å². The number of carboxylic acids is 1. The molecule has 6 nitrogen and oxygen atoms in total. The van der Waals surface area contributed by atoms with Crippen molar-refractivity contribution in [1.82, 2.24) is 10.2 Å². The van der Waals surface area contributed by atoms with Crippen LogP contribution in [0, 0.1) is 19.7 Å². The minimum absolute atomic E-state index is 0.147.